The Hall–Kier alpha value is -1.92. The smallest absolute Gasteiger partial charge is 0.248 e. The van der Waals surface area contributed by atoms with Crippen LogP contribution in [0.4, 0.5) is 0 Å². The highest BCUT2D eigenvalue weighted by Crippen LogP contribution is 2.18. The molecule has 0 unspecified atom stereocenters. The fourth-order valence-electron chi connectivity index (χ4n) is 1.80. The number of hydrazine groups is 1. The summed E-state index contributed by atoms with van der Waals surface area (Å²) >= 11 is 3.05. The molecular weight excluding hydrogens is 340 g/mol. The number of thioether (sulfide) groups is 2. The molecule has 0 fully saturated rings. The number of nitrogens with one attached hydrogen (secondary N) is 2. The lowest BCUT2D eigenvalue weighted by Gasteiger charge is -2.07. The summed E-state index contributed by atoms with van der Waals surface area (Å²) < 4.78 is 0. The molecule has 0 aliphatic heterocycles. The van der Waals surface area contributed by atoms with Crippen LogP contribution in [0.25, 0.3) is 0 Å². The summed E-state index contributed by atoms with van der Waals surface area (Å²) in [5.41, 5.74) is 6.08. The van der Waals surface area contributed by atoms with E-state index in [1.54, 1.807) is 11.8 Å². The van der Waals surface area contributed by atoms with Crippen molar-refractivity contribution in [3.63, 3.8) is 0 Å². The zero-order valence-corrected chi connectivity index (χ0v) is 15.1. The van der Waals surface area contributed by atoms with Gasteiger partial charge in [-0.05, 0) is 31.2 Å². The van der Waals surface area contributed by atoms with E-state index < -0.39 is 0 Å². The Morgan fingerprint density at radius 2 is 1.46 bits per heavy atom. The van der Waals surface area contributed by atoms with Crippen LogP contribution in [0.2, 0.25) is 0 Å². The van der Waals surface area contributed by atoms with E-state index in [9.17, 15) is 9.59 Å². The number of carbonyl (C=O) groups excluding carboxylic acids is 2. The van der Waals surface area contributed by atoms with E-state index in [-0.39, 0.29) is 17.6 Å². The fourth-order valence-corrected chi connectivity index (χ4v) is 3.37. The summed E-state index contributed by atoms with van der Waals surface area (Å²) in [7, 11) is 0. The molecule has 24 heavy (non-hydrogen) atoms. The monoisotopic (exact) mass is 360 g/mol. The second kappa shape index (κ2) is 10.1. The molecule has 2 N–H and O–H groups in total. The number of amides is 2. The van der Waals surface area contributed by atoms with Gasteiger partial charge < -0.3 is 0 Å². The minimum Gasteiger partial charge on any atom is -0.273 e. The number of hydrogen-bond acceptors (Lipinski definition) is 4. The van der Waals surface area contributed by atoms with Crippen LogP contribution < -0.4 is 10.9 Å². The van der Waals surface area contributed by atoms with Crippen molar-refractivity contribution in [2.45, 2.75) is 23.1 Å². The van der Waals surface area contributed by atoms with Crippen molar-refractivity contribution in [1.82, 2.24) is 10.9 Å². The highest BCUT2D eigenvalue weighted by Gasteiger charge is 2.06. The van der Waals surface area contributed by atoms with Gasteiger partial charge in [0, 0.05) is 22.0 Å². The summed E-state index contributed by atoms with van der Waals surface area (Å²) in [5.74, 6) is 0.531. The maximum Gasteiger partial charge on any atom is 0.248 e. The fraction of sp³-hybridized carbons (Fsp3) is 0.222. The van der Waals surface area contributed by atoms with Gasteiger partial charge in [-0.15, -0.1) is 23.5 Å². The quantitative estimate of drug-likeness (QED) is 0.587. The molecule has 0 aliphatic rings. The Bertz CT molecular complexity index is 660. The molecule has 0 atom stereocenters. The Morgan fingerprint density at radius 1 is 0.833 bits per heavy atom. The predicted octanol–water partition coefficient (Wildman–Crippen LogP) is 3.42. The van der Waals surface area contributed by atoms with Crippen LogP contribution in [-0.4, -0.2) is 23.3 Å². The Labute approximate surface area is 150 Å². The molecule has 2 rings (SSSR count). The summed E-state index contributed by atoms with van der Waals surface area (Å²) in [6.45, 7) is 2.02. The van der Waals surface area contributed by atoms with E-state index in [1.165, 1.54) is 17.3 Å². The van der Waals surface area contributed by atoms with Gasteiger partial charge in [0.2, 0.25) is 11.8 Å². The first-order valence-corrected chi connectivity index (χ1v) is 9.55. The topological polar surface area (TPSA) is 58.2 Å². The number of benzene rings is 2. The van der Waals surface area contributed by atoms with Gasteiger partial charge in [0.15, 0.2) is 0 Å². The van der Waals surface area contributed by atoms with Gasteiger partial charge in [-0.2, -0.15) is 0 Å². The Balaban J connectivity index is 1.59. The molecule has 6 heteroatoms. The molecule has 2 aromatic rings. The van der Waals surface area contributed by atoms with E-state index in [4.69, 9.17) is 0 Å². The molecule has 2 amide bonds. The standard InChI is InChI=1S/C18H20N2O2S2/c1-14-7-9-16(10-8-14)24-13-18(22)20-19-17(21)11-12-23-15-5-3-2-4-6-15/h2-10H,11-13H2,1H3,(H,19,21)(H,20,22). The number of rotatable bonds is 7. The van der Waals surface area contributed by atoms with Gasteiger partial charge in [0.25, 0.3) is 0 Å². The van der Waals surface area contributed by atoms with Crippen LogP contribution >= 0.6 is 23.5 Å². The summed E-state index contributed by atoms with van der Waals surface area (Å²) in [5, 5.41) is 0. The van der Waals surface area contributed by atoms with Crippen LogP contribution in [0.5, 0.6) is 0 Å². The molecule has 0 saturated heterocycles. The van der Waals surface area contributed by atoms with Gasteiger partial charge in [-0.25, -0.2) is 0 Å². The molecule has 0 aliphatic carbocycles. The first kappa shape index (κ1) is 18.4. The van der Waals surface area contributed by atoms with Gasteiger partial charge in [-0.1, -0.05) is 35.9 Å². The van der Waals surface area contributed by atoms with Crippen LogP contribution in [0.1, 0.15) is 12.0 Å². The van der Waals surface area contributed by atoms with E-state index in [0.717, 1.165) is 9.79 Å². The molecule has 2 aromatic carbocycles. The zero-order chi connectivity index (χ0) is 17.2. The second-order valence-electron chi connectivity index (χ2n) is 5.11. The predicted molar refractivity (Wildman–Crippen MR) is 100.0 cm³/mol. The molecule has 126 valence electrons. The van der Waals surface area contributed by atoms with Crippen molar-refractivity contribution in [1.29, 1.82) is 0 Å². The first-order valence-electron chi connectivity index (χ1n) is 7.58. The SMILES string of the molecule is Cc1ccc(SCC(=O)NNC(=O)CCSc2ccccc2)cc1. The minimum atomic E-state index is -0.218. The van der Waals surface area contributed by atoms with Crippen molar-refractivity contribution in [2.24, 2.45) is 0 Å². The van der Waals surface area contributed by atoms with Crippen LogP contribution in [0, 0.1) is 6.92 Å². The summed E-state index contributed by atoms with van der Waals surface area (Å²) in [6.07, 6.45) is 0.352. The van der Waals surface area contributed by atoms with Crippen molar-refractivity contribution >= 4 is 35.3 Å². The molecular formula is C18H20N2O2S2. The van der Waals surface area contributed by atoms with Crippen molar-refractivity contribution in [3.05, 3.63) is 60.2 Å². The average molecular weight is 361 g/mol. The van der Waals surface area contributed by atoms with E-state index in [2.05, 4.69) is 10.9 Å². The van der Waals surface area contributed by atoms with Crippen LogP contribution in [-0.2, 0) is 9.59 Å². The summed E-state index contributed by atoms with van der Waals surface area (Å²) in [6, 6.07) is 17.9. The van der Waals surface area contributed by atoms with Crippen LogP contribution in [0.3, 0.4) is 0 Å². The molecule has 0 aromatic heterocycles. The normalized spacial score (nSPS) is 10.2. The van der Waals surface area contributed by atoms with Crippen molar-refractivity contribution in [3.8, 4) is 0 Å². The number of hydrogen-bond donors (Lipinski definition) is 2. The molecule has 4 nitrogen and oxygen atoms in total. The van der Waals surface area contributed by atoms with Crippen LogP contribution in [0.15, 0.2) is 64.4 Å². The lowest BCUT2D eigenvalue weighted by Crippen LogP contribution is -2.42. The van der Waals surface area contributed by atoms with E-state index in [0.29, 0.717) is 12.2 Å². The number of carbonyl (C=O) groups is 2. The average Bonchev–Trinajstić information content (AvgIpc) is 2.60. The molecule has 0 bridgehead atoms. The Kier molecular flexibility index (Phi) is 7.71. The van der Waals surface area contributed by atoms with Gasteiger partial charge in [0.1, 0.15) is 0 Å². The minimum absolute atomic E-state index is 0.188. The van der Waals surface area contributed by atoms with E-state index >= 15 is 0 Å². The zero-order valence-electron chi connectivity index (χ0n) is 13.5. The molecule has 0 radical (unpaired) electrons. The molecule has 0 spiro atoms. The van der Waals surface area contributed by atoms with Crippen molar-refractivity contribution < 1.29 is 9.59 Å². The maximum atomic E-state index is 11.7. The largest absolute Gasteiger partial charge is 0.273 e. The number of aryl methyl sites for hydroxylation is 1. The van der Waals surface area contributed by atoms with E-state index in [1.807, 2.05) is 61.5 Å². The third-order valence-corrected chi connectivity index (χ3v) is 5.10. The van der Waals surface area contributed by atoms with Crippen molar-refractivity contribution in [2.75, 3.05) is 11.5 Å². The first-order chi connectivity index (χ1) is 11.6. The summed E-state index contributed by atoms with van der Waals surface area (Å²) in [4.78, 5) is 25.6. The molecule has 0 saturated carbocycles. The molecule has 0 heterocycles. The highest BCUT2D eigenvalue weighted by atomic mass is 32.2. The van der Waals surface area contributed by atoms with Gasteiger partial charge in [-0.3, -0.25) is 20.4 Å². The highest BCUT2D eigenvalue weighted by molar-refractivity contribution is 8.00. The lowest BCUT2D eigenvalue weighted by molar-refractivity contribution is -0.127. The van der Waals surface area contributed by atoms with Gasteiger partial charge >= 0.3 is 0 Å². The Morgan fingerprint density at radius 3 is 2.17 bits per heavy atom. The third-order valence-electron chi connectivity index (χ3n) is 3.07. The maximum absolute atomic E-state index is 11.7. The van der Waals surface area contributed by atoms with Gasteiger partial charge in [0.05, 0.1) is 5.75 Å². The third kappa shape index (κ3) is 7.10. The lowest BCUT2D eigenvalue weighted by atomic mass is 10.2. The second-order valence-corrected chi connectivity index (χ2v) is 7.33.